The van der Waals surface area contributed by atoms with Crippen molar-refractivity contribution in [2.75, 3.05) is 0 Å². The van der Waals surface area contributed by atoms with Gasteiger partial charge in [0.2, 0.25) is 0 Å². The second-order valence-electron chi connectivity index (χ2n) is 2.06. The van der Waals surface area contributed by atoms with Gasteiger partial charge in [0.15, 0.2) is 5.52 Å². The number of nitrogens with zero attached hydrogens (tertiary/aromatic N) is 1. The van der Waals surface area contributed by atoms with Crippen LogP contribution in [0.3, 0.4) is 0 Å². The summed E-state index contributed by atoms with van der Waals surface area (Å²) in [5.41, 5.74) is 5.29. The van der Waals surface area contributed by atoms with Gasteiger partial charge in [0.1, 0.15) is 0 Å². The summed E-state index contributed by atoms with van der Waals surface area (Å²) in [5, 5.41) is 8.14. The molecule has 0 saturated heterocycles. The van der Waals surface area contributed by atoms with E-state index in [9.17, 15) is 4.79 Å². The highest BCUT2D eigenvalue weighted by Gasteiger charge is 2.06. The molecule has 0 aliphatic rings. The molecule has 0 amide bonds. The Labute approximate surface area is 62.8 Å². The highest BCUT2D eigenvalue weighted by atomic mass is 31.0. The van der Waals surface area contributed by atoms with E-state index in [4.69, 9.17) is 11.0 Å². The summed E-state index contributed by atoms with van der Waals surface area (Å²) >= 11 is 0. The van der Waals surface area contributed by atoms with Crippen molar-refractivity contribution >= 4 is 14.8 Å². The first kappa shape index (κ1) is 9.55. The van der Waals surface area contributed by atoms with Crippen LogP contribution >= 0.6 is 9.24 Å². The first-order valence-electron chi connectivity index (χ1n) is 3.10. The minimum Gasteiger partial charge on any atom is -0.321 e. The Hall–Kier alpha value is -0.450. The van der Waals surface area contributed by atoms with Gasteiger partial charge in [-0.25, -0.2) is 0 Å². The van der Waals surface area contributed by atoms with Crippen molar-refractivity contribution in [3.63, 3.8) is 0 Å². The van der Waals surface area contributed by atoms with Gasteiger partial charge in [0, 0.05) is 6.42 Å². The van der Waals surface area contributed by atoms with Crippen molar-refractivity contribution in [1.82, 2.24) is 0 Å². The molecule has 0 aromatic carbocycles. The summed E-state index contributed by atoms with van der Waals surface area (Å²) in [4.78, 5) is 10.5. The van der Waals surface area contributed by atoms with Crippen molar-refractivity contribution in [3.05, 3.63) is 0 Å². The molecule has 0 saturated carbocycles. The molecule has 0 heterocycles. The van der Waals surface area contributed by atoms with Gasteiger partial charge in [-0.1, -0.05) is 9.24 Å². The van der Waals surface area contributed by atoms with E-state index in [2.05, 4.69) is 0 Å². The van der Waals surface area contributed by atoms with Gasteiger partial charge in [-0.2, -0.15) is 5.26 Å². The lowest BCUT2D eigenvalue weighted by atomic mass is 10.1. The van der Waals surface area contributed by atoms with Crippen LogP contribution in [0, 0.1) is 11.3 Å². The summed E-state index contributed by atoms with van der Waals surface area (Å²) < 4.78 is 0. The fourth-order valence-corrected chi connectivity index (χ4v) is 0.710. The zero-order valence-electron chi connectivity index (χ0n) is 5.71. The van der Waals surface area contributed by atoms with Gasteiger partial charge >= 0.3 is 0 Å². The lowest BCUT2D eigenvalue weighted by Gasteiger charge is -2.03. The Bertz CT molecular complexity index is 152. The standard InChI is InChI=1S/C6H11N2OP/c7-4-2-1-3-5(8)6(9)10/h5H,1-3,8,10H2. The number of rotatable bonds is 4. The third-order valence-corrected chi connectivity index (χ3v) is 1.60. The Balaban J connectivity index is 3.32. The normalized spacial score (nSPS) is 12.1. The van der Waals surface area contributed by atoms with Crippen molar-refractivity contribution in [2.45, 2.75) is 25.3 Å². The molecule has 2 unspecified atom stereocenters. The first-order chi connectivity index (χ1) is 4.68. The number of carbonyl (C=O) groups is 1. The van der Waals surface area contributed by atoms with E-state index < -0.39 is 6.04 Å². The van der Waals surface area contributed by atoms with Crippen LogP contribution in [0.15, 0.2) is 0 Å². The van der Waals surface area contributed by atoms with Crippen LogP contribution in [0.5, 0.6) is 0 Å². The molecule has 0 rings (SSSR count). The van der Waals surface area contributed by atoms with E-state index in [1.54, 1.807) is 0 Å². The summed E-state index contributed by atoms with van der Waals surface area (Å²) in [7, 11) is 2.04. The highest BCUT2D eigenvalue weighted by molar-refractivity contribution is 7.40. The largest absolute Gasteiger partial charge is 0.321 e. The van der Waals surface area contributed by atoms with Crippen LogP contribution in [-0.2, 0) is 4.79 Å². The van der Waals surface area contributed by atoms with Crippen molar-refractivity contribution in [1.29, 1.82) is 5.26 Å². The molecule has 10 heavy (non-hydrogen) atoms. The van der Waals surface area contributed by atoms with Crippen LogP contribution in [-0.4, -0.2) is 11.6 Å². The van der Waals surface area contributed by atoms with E-state index in [0.29, 0.717) is 19.3 Å². The number of nitrogens with two attached hydrogens (primary N) is 1. The topological polar surface area (TPSA) is 66.9 Å². The molecule has 0 bridgehead atoms. The van der Waals surface area contributed by atoms with E-state index in [0.717, 1.165) is 0 Å². The molecule has 0 radical (unpaired) electrons. The van der Waals surface area contributed by atoms with Gasteiger partial charge in [-0.3, -0.25) is 4.79 Å². The molecule has 2 N–H and O–H groups in total. The van der Waals surface area contributed by atoms with Crippen LogP contribution < -0.4 is 5.73 Å². The zero-order valence-corrected chi connectivity index (χ0v) is 6.86. The molecule has 0 aromatic rings. The van der Waals surface area contributed by atoms with Crippen molar-refractivity contribution < 1.29 is 4.79 Å². The van der Waals surface area contributed by atoms with E-state index in [1.807, 2.05) is 15.3 Å². The predicted octanol–water partition coefficient (Wildman–Crippen LogP) is 0.409. The number of nitriles is 1. The molecule has 56 valence electrons. The summed E-state index contributed by atoms with van der Waals surface area (Å²) in [5.74, 6) is 0. The van der Waals surface area contributed by atoms with Crippen molar-refractivity contribution in [2.24, 2.45) is 5.73 Å². The van der Waals surface area contributed by atoms with Gasteiger partial charge in [0.25, 0.3) is 0 Å². The SMILES string of the molecule is N#CCCCC(N)C(=O)P. The molecule has 3 nitrogen and oxygen atoms in total. The zero-order chi connectivity index (χ0) is 7.98. The first-order valence-corrected chi connectivity index (χ1v) is 3.68. The Morgan fingerprint density at radius 3 is 2.80 bits per heavy atom. The molecule has 0 aliphatic carbocycles. The minimum atomic E-state index is -0.404. The van der Waals surface area contributed by atoms with Gasteiger partial charge in [0.05, 0.1) is 12.1 Å². The summed E-state index contributed by atoms with van der Waals surface area (Å²) in [6.45, 7) is 0. The molecule has 0 aromatic heterocycles. The Morgan fingerprint density at radius 2 is 2.40 bits per heavy atom. The second kappa shape index (κ2) is 5.34. The lowest BCUT2D eigenvalue weighted by Crippen LogP contribution is -2.25. The third kappa shape index (κ3) is 4.43. The lowest BCUT2D eigenvalue weighted by molar-refractivity contribution is -0.112. The average Bonchev–Trinajstić information content (AvgIpc) is 1.88. The molecule has 4 heteroatoms. The monoisotopic (exact) mass is 158 g/mol. The van der Waals surface area contributed by atoms with Gasteiger partial charge in [-0.15, -0.1) is 0 Å². The minimum absolute atomic E-state index is 0.0852. The quantitative estimate of drug-likeness (QED) is 0.476. The molecule has 0 spiro atoms. The fraction of sp³-hybridized carbons (Fsp3) is 0.667. The molecule has 2 atom stereocenters. The Kier molecular flexibility index (Phi) is 5.10. The van der Waals surface area contributed by atoms with Crippen LogP contribution in [0.2, 0.25) is 0 Å². The highest BCUT2D eigenvalue weighted by Crippen LogP contribution is 2.01. The second-order valence-corrected chi connectivity index (χ2v) is 2.63. The van der Waals surface area contributed by atoms with Gasteiger partial charge in [-0.05, 0) is 12.8 Å². The smallest absolute Gasteiger partial charge is 0.164 e. The number of hydrogen-bond donors (Lipinski definition) is 1. The number of unbranched alkanes of at least 4 members (excludes halogenated alkanes) is 1. The molecule has 0 aliphatic heterocycles. The third-order valence-electron chi connectivity index (χ3n) is 1.17. The molecular weight excluding hydrogens is 147 g/mol. The summed E-state index contributed by atoms with van der Waals surface area (Å²) in [6.07, 6.45) is 1.79. The maximum atomic E-state index is 10.5. The number of carbonyl (C=O) groups excluding carboxylic acids is 1. The van der Waals surface area contributed by atoms with Crippen LogP contribution in [0.1, 0.15) is 19.3 Å². The maximum absolute atomic E-state index is 10.5. The Morgan fingerprint density at radius 1 is 1.80 bits per heavy atom. The van der Waals surface area contributed by atoms with Crippen LogP contribution in [0.25, 0.3) is 0 Å². The fourth-order valence-electron chi connectivity index (χ4n) is 0.543. The van der Waals surface area contributed by atoms with E-state index in [1.165, 1.54) is 0 Å². The van der Waals surface area contributed by atoms with Crippen LogP contribution in [0.4, 0.5) is 0 Å². The molecular formula is C6H11N2OP. The van der Waals surface area contributed by atoms with Gasteiger partial charge < -0.3 is 5.73 Å². The average molecular weight is 158 g/mol. The van der Waals surface area contributed by atoms with E-state index >= 15 is 0 Å². The number of hydrogen-bond acceptors (Lipinski definition) is 3. The predicted molar refractivity (Wildman–Crippen MR) is 42.2 cm³/mol. The van der Waals surface area contributed by atoms with Crippen molar-refractivity contribution in [3.8, 4) is 6.07 Å². The van der Waals surface area contributed by atoms with E-state index in [-0.39, 0.29) is 5.52 Å². The molecule has 0 fully saturated rings. The maximum Gasteiger partial charge on any atom is 0.164 e. The summed E-state index contributed by atoms with van der Waals surface area (Å²) in [6, 6.07) is 1.58.